The molecule has 2 N–H and O–H groups in total. The molecule has 0 aliphatic heterocycles. The van der Waals surface area contributed by atoms with Crippen LogP contribution in [0, 0.1) is 11.8 Å². The average molecular weight is 227 g/mol. The molecule has 16 heavy (non-hydrogen) atoms. The van der Waals surface area contributed by atoms with E-state index >= 15 is 0 Å². The van der Waals surface area contributed by atoms with Crippen molar-refractivity contribution in [3.63, 3.8) is 0 Å². The van der Waals surface area contributed by atoms with Crippen LogP contribution in [0.2, 0.25) is 0 Å². The highest BCUT2D eigenvalue weighted by molar-refractivity contribution is 4.79. The number of hydrogen-bond acceptors (Lipinski definition) is 2. The van der Waals surface area contributed by atoms with Crippen LogP contribution >= 0.6 is 0 Å². The van der Waals surface area contributed by atoms with Gasteiger partial charge in [0, 0.05) is 12.6 Å². The van der Waals surface area contributed by atoms with Crippen LogP contribution in [0.15, 0.2) is 0 Å². The van der Waals surface area contributed by atoms with E-state index in [1.807, 2.05) is 0 Å². The lowest BCUT2D eigenvalue weighted by molar-refractivity contribution is 0.178. The zero-order valence-corrected chi connectivity index (χ0v) is 11.0. The Labute approximate surface area is 101 Å². The second-order valence-corrected chi connectivity index (χ2v) is 5.49. The number of rotatable bonds is 6. The highest BCUT2D eigenvalue weighted by Gasteiger charge is 2.22. The van der Waals surface area contributed by atoms with Crippen molar-refractivity contribution in [1.29, 1.82) is 0 Å². The minimum Gasteiger partial charge on any atom is -0.396 e. The van der Waals surface area contributed by atoms with Crippen LogP contribution in [0.3, 0.4) is 0 Å². The number of hydrogen-bond donors (Lipinski definition) is 2. The molecular formula is C14H29NO. The van der Waals surface area contributed by atoms with Gasteiger partial charge in [0.1, 0.15) is 0 Å². The molecule has 0 spiro atoms. The van der Waals surface area contributed by atoms with Crippen molar-refractivity contribution in [1.82, 2.24) is 5.32 Å². The Kier molecular flexibility index (Phi) is 7.06. The van der Waals surface area contributed by atoms with Gasteiger partial charge >= 0.3 is 0 Å². The molecule has 1 aliphatic rings. The molecule has 3 atom stereocenters. The summed E-state index contributed by atoms with van der Waals surface area (Å²) in [7, 11) is 0. The lowest BCUT2D eigenvalue weighted by atomic mass is 9.95. The third-order valence-electron chi connectivity index (χ3n) is 3.90. The van der Waals surface area contributed by atoms with E-state index in [9.17, 15) is 5.11 Å². The van der Waals surface area contributed by atoms with Gasteiger partial charge in [-0.3, -0.25) is 0 Å². The van der Waals surface area contributed by atoms with E-state index in [1.54, 1.807) is 0 Å². The zero-order chi connectivity index (χ0) is 11.8. The van der Waals surface area contributed by atoms with E-state index in [-0.39, 0.29) is 0 Å². The van der Waals surface area contributed by atoms with Crippen LogP contribution in [0.5, 0.6) is 0 Å². The third-order valence-corrected chi connectivity index (χ3v) is 3.90. The molecule has 0 radical (unpaired) electrons. The van der Waals surface area contributed by atoms with Crippen LogP contribution in [0.1, 0.15) is 58.8 Å². The number of nitrogens with one attached hydrogen (secondary N) is 1. The maximum Gasteiger partial charge on any atom is 0.0474 e. The summed E-state index contributed by atoms with van der Waals surface area (Å²) in [6, 6.07) is 0.562. The van der Waals surface area contributed by atoms with Crippen molar-refractivity contribution in [2.45, 2.75) is 64.8 Å². The van der Waals surface area contributed by atoms with Gasteiger partial charge in [0.15, 0.2) is 0 Å². The van der Waals surface area contributed by atoms with E-state index < -0.39 is 0 Å². The first-order valence-electron chi connectivity index (χ1n) is 7.12. The summed E-state index contributed by atoms with van der Waals surface area (Å²) in [6.07, 6.45) is 9.02. The largest absolute Gasteiger partial charge is 0.396 e. The molecule has 0 bridgehead atoms. The van der Waals surface area contributed by atoms with Crippen molar-refractivity contribution < 1.29 is 5.11 Å². The zero-order valence-electron chi connectivity index (χ0n) is 11.0. The van der Waals surface area contributed by atoms with Crippen LogP contribution < -0.4 is 5.32 Å². The summed E-state index contributed by atoms with van der Waals surface area (Å²) < 4.78 is 0. The third kappa shape index (κ3) is 4.84. The molecule has 0 amide bonds. The molecule has 1 rings (SSSR count). The first-order valence-corrected chi connectivity index (χ1v) is 7.12. The van der Waals surface area contributed by atoms with Gasteiger partial charge in [0.2, 0.25) is 0 Å². The van der Waals surface area contributed by atoms with E-state index in [1.165, 1.54) is 44.9 Å². The van der Waals surface area contributed by atoms with E-state index in [2.05, 4.69) is 19.2 Å². The fourth-order valence-electron chi connectivity index (χ4n) is 2.82. The monoisotopic (exact) mass is 227 g/mol. The Morgan fingerprint density at radius 3 is 2.69 bits per heavy atom. The fourth-order valence-corrected chi connectivity index (χ4v) is 2.82. The molecule has 96 valence electrons. The predicted octanol–water partition coefficient (Wildman–Crippen LogP) is 2.95. The first kappa shape index (κ1) is 14.0. The highest BCUT2D eigenvalue weighted by atomic mass is 16.3. The average Bonchev–Trinajstić information content (AvgIpc) is 2.51. The number of aliphatic hydroxyl groups excluding tert-OH is 1. The minimum atomic E-state index is 0.361. The van der Waals surface area contributed by atoms with Crippen molar-refractivity contribution in [2.24, 2.45) is 11.8 Å². The summed E-state index contributed by atoms with van der Waals surface area (Å²) >= 11 is 0. The first-order chi connectivity index (χ1) is 7.77. The van der Waals surface area contributed by atoms with Gasteiger partial charge in [0.25, 0.3) is 0 Å². The predicted molar refractivity (Wildman–Crippen MR) is 69.5 cm³/mol. The Bertz CT molecular complexity index is 172. The number of aliphatic hydroxyl groups is 1. The normalized spacial score (nSPS) is 28.7. The molecule has 0 heterocycles. The second kappa shape index (κ2) is 8.08. The van der Waals surface area contributed by atoms with E-state index in [4.69, 9.17) is 0 Å². The van der Waals surface area contributed by atoms with Gasteiger partial charge in [-0.25, -0.2) is 0 Å². The van der Waals surface area contributed by atoms with Gasteiger partial charge in [-0.05, 0) is 37.6 Å². The van der Waals surface area contributed by atoms with Crippen molar-refractivity contribution in [3.8, 4) is 0 Å². The maximum absolute atomic E-state index is 9.42. The SMILES string of the molecule is CCCC(C)CNC1CCCCCC1CO. The van der Waals surface area contributed by atoms with Crippen LogP contribution in [-0.2, 0) is 0 Å². The van der Waals surface area contributed by atoms with Gasteiger partial charge < -0.3 is 10.4 Å². The topological polar surface area (TPSA) is 32.3 Å². The summed E-state index contributed by atoms with van der Waals surface area (Å²) in [5.74, 6) is 1.27. The molecule has 0 aromatic heterocycles. The van der Waals surface area contributed by atoms with E-state index in [0.29, 0.717) is 18.6 Å². The molecule has 3 unspecified atom stereocenters. The quantitative estimate of drug-likeness (QED) is 0.684. The Balaban J connectivity index is 2.30. The van der Waals surface area contributed by atoms with Crippen LogP contribution in [-0.4, -0.2) is 24.3 Å². The fraction of sp³-hybridized carbons (Fsp3) is 1.00. The molecule has 0 aromatic carbocycles. The lowest BCUT2D eigenvalue weighted by Crippen LogP contribution is -2.39. The smallest absolute Gasteiger partial charge is 0.0474 e. The molecule has 0 aromatic rings. The van der Waals surface area contributed by atoms with Crippen LogP contribution in [0.4, 0.5) is 0 Å². The van der Waals surface area contributed by atoms with Crippen molar-refractivity contribution in [2.75, 3.05) is 13.2 Å². The molecule has 2 nitrogen and oxygen atoms in total. The molecule has 1 saturated carbocycles. The van der Waals surface area contributed by atoms with Gasteiger partial charge in [0.05, 0.1) is 0 Å². The Morgan fingerprint density at radius 1 is 1.25 bits per heavy atom. The molecule has 2 heteroatoms. The lowest BCUT2D eigenvalue weighted by Gasteiger charge is -2.26. The summed E-state index contributed by atoms with van der Waals surface area (Å²) in [4.78, 5) is 0. The summed E-state index contributed by atoms with van der Waals surface area (Å²) in [6.45, 7) is 6.05. The molecular weight excluding hydrogens is 198 g/mol. The van der Waals surface area contributed by atoms with Gasteiger partial charge in [-0.2, -0.15) is 0 Å². The Morgan fingerprint density at radius 2 is 2.00 bits per heavy atom. The van der Waals surface area contributed by atoms with E-state index in [0.717, 1.165) is 12.5 Å². The van der Waals surface area contributed by atoms with Crippen LogP contribution in [0.25, 0.3) is 0 Å². The molecule has 1 fully saturated rings. The highest BCUT2D eigenvalue weighted by Crippen LogP contribution is 2.23. The maximum atomic E-state index is 9.42. The Hall–Kier alpha value is -0.0800. The summed E-state index contributed by atoms with van der Waals surface area (Å²) in [5, 5.41) is 13.1. The van der Waals surface area contributed by atoms with Crippen molar-refractivity contribution in [3.05, 3.63) is 0 Å². The second-order valence-electron chi connectivity index (χ2n) is 5.49. The standard InChI is InChI=1S/C14H29NO/c1-3-7-12(2)10-15-14-9-6-4-5-8-13(14)11-16/h12-16H,3-11H2,1-2H3. The minimum absolute atomic E-state index is 0.361. The van der Waals surface area contributed by atoms with Gasteiger partial charge in [-0.15, -0.1) is 0 Å². The van der Waals surface area contributed by atoms with Crippen molar-refractivity contribution >= 4 is 0 Å². The van der Waals surface area contributed by atoms with Gasteiger partial charge in [-0.1, -0.05) is 39.5 Å². The molecule has 0 saturated heterocycles. The summed E-state index contributed by atoms with van der Waals surface area (Å²) in [5.41, 5.74) is 0. The molecule has 1 aliphatic carbocycles.